The van der Waals surface area contributed by atoms with Crippen LogP contribution >= 0.6 is 0 Å². The van der Waals surface area contributed by atoms with Crippen LogP contribution in [0.15, 0.2) is 57.9 Å². The molecule has 0 atom stereocenters. The van der Waals surface area contributed by atoms with E-state index in [0.717, 1.165) is 0 Å². The molecule has 7 heteroatoms. The molecule has 6 nitrogen and oxygen atoms in total. The van der Waals surface area contributed by atoms with Crippen molar-refractivity contribution in [1.29, 1.82) is 0 Å². The SMILES string of the molecule is Cc1noc(-c2ccc(C)c(S(=O)(=O)Nc3ccccc3)c2)n1. The number of sulfonamides is 1. The molecule has 0 fully saturated rings. The van der Waals surface area contributed by atoms with Crippen LogP contribution in [0.1, 0.15) is 11.4 Å². The van der Waals surface area contributed by atoms with Gasteiger partial charge in [-0.2, -0.15) is 4.98 Å². The Labute approximate surface area is 134 Å². The molecule has 1 N–H and O–H groups in total. The van der Waals surface area contributed by atoms with Gasteiger partial charge in [-0.1, -0.05) is 29.4 Å². The average molecular weight is 329 g/mol. The Kier molecular flexibility index (Phi) is 3.87. The topological polar surface area (TPSA) is 85.1 Å². The molecule has 0 aliphatic carbocycles. The van der Waals surface area contributed by atoms with Crippen molar-refractivity contribution in [1.82, 2.24) is 10.1 Å². The summed E-state index contributed by atoms with van der Waals surface area (Å²) in [4.78, 5) is 4.30. The van der Waals surface area contributed by atoms with Crippen LogP contribution in [0.4, 0.5) is 5.69 Å². The summed E-state index contributed by atoms with van der Waals surface area (Å²) in [6.07, 6.45) is 0. The van der Waals surface area contributed by atoms with Crippen LogP contribution in [-0.2, 0) is 10.0 Å². The molecule has 3 rings (SSSR count). The van der Waals surface area contributed by atoms with Crippen molar-refractivity contribution in [2.75, 3.05) is 4.72 Å². The molecule has 0 unspecified atom stereocenters. The second kappa shape index (κ2) is 5.85. The molecule has 23 heavy (non-hydrogen) atoms. The summed E-state index contributed by atoms with van der Waals surface area (Å²) in [5, 5.41) is 3.72. The highest BCUT2D eigenvalue weighted by Gasteiger charge is 2.19. The minimum atomic E-state index is -3.71. The molecule has 0 bridgehead atoms. The lowest BCUT2D eigenvalue weighted by Crippen LogP contribution is -2.14. The summed E-state index contributed by atoms with van der Waals surface area (Å²) >= 11 is 0. The summed E-state index contributed by atoms with van der Waals surface area (Å²) < 4.78 is 32.9. The molecule has 1 aromatic heterocycles. The molecule has 3 aromatic rings. The molecular formula is C16H15N3O3S. The minimum Gasteiger partial charge on any atom is -0.334 e. The van der Waals surface area contributed by atoms with Crippen LogP contribution in [0.25, 0.3) is 11.5 Å². The van der Waals surface area contributed by atoms with E-state index in [0.29, 0.717) is 28.5 Å². The van der Waals surface area contributed by atoms with Crippen LogP contribution in [0, 0.1) is 13.8 Å². The zero-order valence-corrected chi connectivity index (χ0v) is 13.5. The lowest BCUT2D eigenvalue weighted by atomic mass is 10.1. The Hall–Kier alpha value is -2.67. The Balaban J connectivity index is 2.01. The van der Waals surface area contributed by atoms with Crippen LogP contribution < -0.4 is 4.72 Å². The van der Waals surface area contributed by atoms with Crippen LogP contribution in [0.3, 0.4) is 0 Å². The first kappa shape index (κ1) is 15.2. The summed E-state index contributed by atoms with van der Waals surface area (Å²) in [5.74, 6) is 0.783. The molecule has 0 aliphatic heterocycles. The van der Waals surface area contributed by atoms with E-state index in [1.807, 2.05) is 6.07 Å². The maximum Gasteiger partial charge on any atom is 0.262 e. The number of aryl methyl sites for hydroxylation is 2. The second-order valence-electron chi connectivity index (χ2n) is 5.10. The highest BCUT2D eigenvalue weighted by molar-refractivity contribution is 7.92. The number of hydrogen-bond acceptors (Lipinski definition) is 5. The lowest BCUT2D eigenvalue weighted by molar-refractivity contribution is 0.425. The van der Waals surface area contributed by atoms with E-state index in [2.05, 4.69) is 14.9 Å². The monoisotopic (exact) mass is 329 g/mol. The largest absolute Gasteiger partial charge is 0.334 e. The van der Waals surface area contributed by atoms with E-state index in [1.165, 1.54) is 6.07 Å². The Bertz CT molecular complexity index is 934. The number of nitrogens with zero attached hydrogens (tertiary/aromatic N) is 2. The molecule has 0 radical (unpaired) electrons. The fourth-order valence-electron chi connectivity index (χ4n) is 2.15. The molecule has 1 heterocycles. The number of aromatic nitrogens is 2. The number of anilines is 1. The zero-order chi connectivity index (χ0) is 16.4. The number of rotatable bonds is 4. The van der Waals surface area contributed by atoms with Crippen molar-refractivity contribution >= 4 is 15.7 Å². The quantitative estimate of drug-likeness (QED) is 0.794. The van der Waals surface area contributed by atoms with Gasteiger partial charge in [-0.15, -0.1) is 0 Å². The zero-order valence-electron chi connectivity index (χ0n) is 12.6. The molecule has 0 saturated carbocycles. The summed E-state index contributed by atoms with van der Waals surface area (Å²) in [7, 11) is -3.71. The van der Waals surface area contributed by atoms with Crippen molar-refractivity contribution in [3.8, 4) is 11.5 Å². The van der Waals surface area contributed by atoms with Gasteiger partial charge in [0.25, 0.3) is 15.9 Å². The lowest BCUT2D eigenvalue weighted by Gasteiger charge is -2.11. The predicted molar refractivity (Wildman–Crippen MR) is 86.5 cm³/mol. The second-order valence-corrected chi connectivity index (χ2v) is 6.75. The van der Waals surface area contributed by atoms with Crippen molar-refractivity contribution in [3.05, 3.63) is 59.9 Å². The van der Waals surface area contributed by atoms with Gasteiger partial charge < -0.3 is 4.52 Å². The fourth-order valence-corrected chi connectivity index (χ4v) is 3.48. The van der Waals surface area contributed by atoms with Gasteiger partial charge in [-0.25, -0.2) is 8.42 Å². The summed E-state index contributed by atoms with van der Waals surface area (Å²) in [6.45, 7) is 3.44. The van der Waals surface area contributed by atoms with Crippen molar-refractivity contribution in [2.45, 2.75) is 18.7 Å². The van der Waals surface area contributed by atoms with Crippen molar-refractivity contribution in [2.24, 2.45) is 0 Å². The van der Waals surface area contributed by atoms with Gasteiger partial charge in [0.15, 0.2) is 5.82 Å². The van der Waals surface area contributed by atoms with E-state index in [-0.39, 0.29) is 4.90 Å². The number of nitrogens with one attached hydrogen (secondary N) is 1. The van der Waals surface area contributed by atoms with E-state index >= 15 is 0 Å². The maximum atomic E-state index is 12.6. The van der Waals surface area contributed by atoms with Crippen molar-refractivity contribution in [3.63, 3.8) is 0 Å². The van der Waals surface area contributed by atoms with Gasteiger partial charge in [0.1, 0.15) is 0 Å². The minimum absolute atomic E-state index is 0.176. The molecule has 118 valence electrons. The predicted octanol–water partition coefficient (Wildman–Crippen LogP) is 3.15. The van der Waals surface area contributed by atoms with E-state index in [4.69, 9.17) is 4.52 Å². The molecule has 0 saturated heterocycles. The first-order chi connectivity index (χ1) is 11.0. The average Bonchev–Trinajstić information content (AvgIpc) is 2.94. The van der Waals surface area contributed by atoms with E-state index < -0.39 is 10.0 Å². The Morgan fingerprint density at radius 2 is 1.78 bits per heavy atom. The van der Waals surface area contributed by atoms with Gasteiger partial charge in [0, 0.05) is 11.3 Å². The highest BCUT2D eigenvalue weighted by Crippen LogP contribution is 2.25. The third-order valence-corrected chi connectivity index (χ3v) is 4.80. The fraction of sp³-hybridized carbons (Fsp3) is 0.125. The molecule has 0 aliphatic rings. The van der Waals surface area contributed by atoms with Gasteiger partial charge in [0.05, 0.1) is 4.90 Å². The highest BCUT2D eigenvalue weighted by atomic mass is 32.2. The van der Waals surface area contributed by atoms with Crippen LogP contribution in [0.2, 0.25) is 0 Å². The third-order valence-electron chi connectivity index (χ3n) is 3.28. The summed E-state index contributed by atoms with van der Waals surface area (Å²) in [5.41, 5.74) is 1.70. The first-order valence-corrected chi connectivity index (χ1v) is 8.43. The Morgan fingerprint density at radius 3 is 2.43 bits per heavy atom. The molecule has 2 aromatic carbocycles. The van der Waals surface area contributed by atoms with Crippen molar-refractivity contribution < 1.29 is 12.9 Å². The number of benzene rings is 2. The van der Waals surface area contributed by atoms with E-state index in [9.17, 15) is 8.42 Å². The maximum absolute atomic E-state index is 12.6. The number of hydrogen-bond donors (Lipinski definition) is 1. The smallest absolute Gasteiger partial charge is 0.262 e. The van der Waals surface area contributed by atoms with Crippen LogP contribution in [-0.4, -0.2) is 18.6 Å². The normalized spacial score (nSPS) is 11.4. The van der Waals surface area contributed by atoms with Gasteiger partial charge in [-0.05, 0) is 43.7 Å². The summed E-state index contributed by atoms with van der Waals surface area (Å²) in [6, 6.07) is 13.7. The Morgan fingerprint density at radius 1 is 1.04 bits per heavy atom. The van der Waals surface area contributed by atoms with Gasteiger partial charge >= 0.3 is 0 Å². The number of para-hydroxylation sites is 1. The van der Waals surface area contributed by atoms with E-state index in [1.54, 1.807) is 50.2 Å². The van der Waals surface area contributed by atoms with Crippen LogP contribution in [0.5, 0.6) is 0 Å². The van der Waals surface area contributed by atoms with Gasteiger partial charge in [0.2, 0.25) is 0 Å². The molecule has 0 spiro atoms. The molecular weight excluding hydrogens is 314 g/mol. The van der Waals surface area contributed by atoms with Gasteiger partial charge in [-0.3, -0.25) is 4.72 Å². The molecule has 0 amide bonds. The first-order valence-electron chi connectivity index (χ1n) is 6.95. The third kappa shape index (κ3) is 3.24. The standard InChI is InChI=1S/C16H15N3O3S/c1-11-8-9-13(16-17-12(2)18-22-16)10-15(11)23(20,21)19-14-6-4-3-5-7-14/h3-10,19H,1-2H3.